The molecule has 3 nitrogen and oxygen atoms in total. The molecule has 100 valence electrons. The number of Topliss-reactive ketones (excluding diaryl/α,β-unsaturated/α-hetero) is 1. The van der Waals surface area contributed by atoms with Gasteiger partial charge in [-0.2, -0.15) is 0 Å². The molecule has 0 spiro atoms. The predicted molar refractivity (Wildman–Crippen MR) is 73.9 cm³/mol. The van der Waals surface area contributed by atoms with Crippen molar-refractivity contribution in [2.75, 3.05) is 7.11 Å². The predicted octanol–water partition coefficient (Wildman–Crippen LogP) is 2.63. The lowest BCUT2D eigenvalue weighted by Gasteiger charge is -2.17. The van der Waals surface area contributed by atoms with Gasteiger partial charge in [0.1, 0.15) is 11.5 Å². The summed E-state index contributed by atoms with van der Waals surface area (Å²) in [5.74, 6) is 0.985. The molecule has 1 rings (SSSR count). The van der Waals surface area contributed by atoms with E-state index < -0.39 is 0 Å². The van der Waals surface area contributed by atoms with E-state index in [2.05, 4.69) is 0 Å². The van der Waals surface area contributed by atoms with Crippen LogP contribution >= 0.6 is 0 Å². The second-order valence-electron chi connectivity index (χ2n) is 5.52. The first kappa shape index (κ1) is 14.7. The second-order valence-corrected chi connectivity index (χ2v) is 5.52. The summed E-state index contributed by atoms with van der Waals surface area (Å²) >= 11 is 0. The molecule has 18 heavy (non-hydrogen) atoms. The van der Waals surface area contributed by atoms with E-state index in [1.807, 2.05) is 39.0 Å². The lowest BCUT2D eigenvalue weighted by atomic mass is 9.95. The number of ether oxygens (including phenoxy) is 1. The maximum Gasteiger partial charge on any atom is 0.137 e. The molecule has 2 N–H and O–H groups in total. The number of carbonyl (C=O) groups excluding carboxylic acids is 1. The van der Waals surface area contributed by atoms with Gasteiger partial charge in [0.05, 0.1) is 7.11 Å². The van der Waals surface area contributed by atoms with E-state index in [1.54, 1.807) is 7.11 Å². The van der Waals surface area contributed by atoms with Crippen LogP contribution in [0.15, 0.2) is 18.2 Å². The molecule has 0 aromatic heterocycles. The van der Waals surface area contributed by atoms with E-state index in [1.165, 1.54) is 0 Å². The van der Waals surface area contributed by atoms with Crippen LogP contribution in [-0.2, 0) is 11.2 Å². The molecule has 3 heteroatoms. The Bertz CT molecular complexity index is 419. The number of hydrogen-bond acceptors (Lipinski definition) is 3. The van der Waals surface area contributed by atoms with Crippen LogP contribution in [0.1, 0.15) is 37.8 Å². The fourth-order valence-corrected chi connectivity index (χ4v) is 1.81. The van der Waals surface area contributed by atoms with Crippen LogP contribution in [0.2, 0.25) is 0 Å². The van der Waals surface area contributed by atoms with Crippen LogP contribution < -0.4 is 10.5 Å². The zero-order valence-corrected chi connectivity index (χ0v) is 11.7. The quantitative estimate of drug-likeness (QED) is 0.843. The van der Waals surface area contributed by atoms with Crippen molar-refractivity contribution in [1.82, 2.24) is 0 Å². The van der Waals surface area contributed by atoms with E-state index in [0.717, 1.165) is 16.9 Å². The summed E-state index contributed by atoms with van der Waals surface area (Å²) in [5, 5.41) is 0. The summed E-state index contributed by atoms with van der Waals surface area (Å²) in [6.45, 7) is 5.89. The third-order valence-electron chi connectivity index (χ3n) is 2.87. The summed E-state index contributed by atoms with van der Waals surface area (Å²) in [6.07, 6.45) is 1.64. The van der Waals surface area contributed by atoms with Gasteiger partial charge in [0.2, 0.25) is 0 Å². The highest BCUT2D eigenvalue weighted by molar-refractivity contribution is 5.81. The molecule has 0 unspecified atom stereocenters. The third-order valence-corrected chi connectivity index (χ3v) is 2.87. The topological polar surface area (TPSA) is 52.3 Å². The van der Waals surface area contributed by atoms with Crippen molar-refractivity contribution in [2.45, 2.75) is 45.6 Å². The summed E-state index contributed by atoms with van der Waals surface area (Å²) in [5.41, 5.74) is 7.69. The van der Waals surface area contributed by atoms with Crippen LogP contribution in [0.3, 0.4) is 0 Å². The normalized spacial score (nSPS) is 11.4. The van der Waals surface area contributed by atoms with Gasteiger partial charge in [-0.05, 0) is 33.3 Å². The van der Waals surface area contributed by atoms with Crippen molar-refractivity contribution in [1.29, 1.82) is 0 Å². The average Bonchev–Trinajstić information content (AvgIpc) is 2.26. The van der Waals surface area contributed by atoms with Gasteiger partial charge in [0.25, 0.3) is 0 Å². The number of carbonyl (C=O) groups is 1. The van der Waals surface area contributed by atoms with Gasteiger partial charge in [0, 0.05) is 23.9 Å². The molecule has 0 atom stereocenters. The summed E-state index contributed by atoms with van der Waals surface area (Å²) in [4.78, 5) is 11.9. The van der Waals surface area contributed by atoms with Crippen LogP contribution in [0.5, 0.6) is 5.75 Å². The fourth-order valence-electron chi connectivity index (χ4n) is 1.81. The number of ketones is 1. The molecule has 0 aliphatic rings. The number of benzene rings is 1. The lowest BCUT2D eigenvalue weighted by molar-refractivity contribution is -0.118. The van der Waals surface area contributed by atoms with E-state index in [9.17, 15) is 4.79 Å². The van der Waals surface area contributed by atoms with Crippen molar-refractivity contribution < 1.29 is 9.53 Å². The van der Waals surface area contributed by atoms with E-state index >= 15 is 0 Å². The summed E-state index contributed by atoms with van der Waals surface area (Å²) in [7, 11) is 1.63. The molecule has 1 aromatic rings. The second kappa shape index (κ2) is 6.01. The number of rotatable bonds is 6. The molecule has 0 radical (unpaired) electrons. The molecular weight excluding hydrogens is 226 g/mol. The van der Waals surface area contributed by atoms with Gasteiger partial charge < -0.3 is 10.5 Å². The summed E-state index contributed by atoms with van der Waals surface area (Å²) in [6, 6.07) is 5.89. The van der Waals surface area contributed by atoms with Crippen molar-refractivity contribution in [3.63, 3.8) is 0 Å². The Balaban J connectivity index is 2.66. The van der Waals surface area contributed by atoms with Crippen LogP contribution in [-0.4, -0.2) is 18.4 Å². The smallest absolute Gasteiger partial charge is 0.137 e. The highest BCUT2D eigenvalue weighted by Crippen LogP contribution is 2.21. The van der Waals surface area contributed by atoms with Gasteiger partial charge in [-0.1, -0.05) is 17.7 Å². The van der Waals surface area contributed by atoms with Crippen molar-refractivity contribution in [3.8, 4) is 5.75 Å². The molecule has 0 fully saturated rings. The minimum absolute atomic E-state index is 0.206. The first-order valence-corrected chi connectivity index (χ1v) is 6.26. The highest BCUT2D eigenvalue weighted by atomic mass is 16.5. The van der Waals surface area contributed by atoms with Gasteiger partial charge in [-0.15, -0.1) is 0 Å². The molecule has 1 aromatic carbocycles. The van der Waals surface area contributed by atoms with Gasteiger partial charge >= 0.3 is 0 Å². The van der Waals surface area contributed by atoms with Crippen LogP contribution in [0.25, 0.3) is 0 Å². The maximum absolute atomic E-state index is 11.9. The molecule has 0 saturated heterocycles. The van der Waals surface area contributed by atoms with Crippen molar-refractivity contribution in [3.05, 3.63) is 29.3 Å². The average molecular weight is 249 g/mol. The minimum Gasteiger partial charge on any atom is -0.496 e. The first-order chi connectivity index (χ1) is 8.31. The lowest BCUT2D eigenvalue weighted by Crippen LogP contribution is -2.32. The van der Waals surface area contributed by atoms with E-state index in [4.69, 9.17) is 10.5 Å². The maximum atomic E-state index is 11.9. The van der Waals surface area contributed by atoms with Gasteiger partial charge in [0.15, 0.2) is 0 Å². The molecule has 0 saturated carbocycles. The fraction of sp³-hybridized carbons (Fsp3) is 0.533. The molecule has 0 amide bonds. The third kappa shape index (κ3) is 4.88. The number of nitrogens with two attached hydrogens (primary N) is 1. The number of hydrogen-bond donors (Lipinski definition) is 1. The van der Waals surface area contributed by atoms with E-state index in [0.29, 0.717) is 19.3 Å². The number of methoxy groups -OCH3 is 1. The highest BCUT2D eigenvalue weighted by Gasteiger charge is 2.15. The molecule has 0 aliphatic carbocycles. The molecular formula is C15H23NO2. The van der Waals surface area contributed by atoms with Crippen molar-refractivity contribution >= 4 is 5.78 Å². The standard InChI is InChI=1S/C15H23NO2/c1-11-5-6-14(18-4)12(9-11)10-13(17)7-8-15(2,3)16/h5-6,9H,7-8,10,16H2,1-4H3. The zero-order valence-electron chi connectivity index (χ0n) is 11.7. The van der Waals surface area contributed by atoms with Gasteiger partial charge in [-0.25, -0.2) is 0 Å². The first-order valence-electron chi connectivity index (χ1n) is 6.26. The Morgan fingerprint density at radius 3 is 2.61 bits per heavy atom. The number of aryl methyl sites for hydroxylation is 1. The van der Waals surface area contributed by atoms with Crippen molar-refractivity contribution in [2.24, 2.45) is 5.73 Å². The zero-order chi connectivity index (χ0) is 13.8. The SMILES string of the molecule is COc1ccc(C)cc1CC(=O)CCC(C)(C)N. The molecule has 0 aliphatic heterocycles. The Morgan fingerprint density at radius 1 is 1.39 bits per heavy atom. The summed E-state index contributed by atoms with van der Waals surface area (Å²) < 4.78 is 5.27. The monoisotopic (exact) mass is 249 g/mol. The molecule has 0 heterocycles. The molecule has 0 bridgehead atoms. The Hall–Kier alpha value is -1.35. The Labute approximate surface area is 109 Å². The van der Waals surface area contributed by atoms with Crippen LogP contribution in [0.4, 0.5) is 0 Å². The largest absolute Gasteiger partial charge is 0.496 e. The van der Waals surface area contributed by atoms with Gasteiger partial charge in [-0.3, -0.25) is 4.79 Å². The minimum atomic E-state index is -0.285. The van der Waals surface area contributed by atoms with E-state index in [-0.39, 0.29) is 11.3 Å². The Kier molecular flexibility index (Phi) is 4.91. The Morgan fingerprint density at radius 2 is 2.06 bits per heavy atom. The van der Waals surface area contributed by atoms with Crippen LogP contribution in [0, 0.1) is 6.92 Å².